The van der Waals surface area contributed by atoms with Crippen LogP contribution in [0.5, 0.6) is 5.75 Å². The number of hydrogen-bond donors (Lipinski definition) is 1. The summed E-state index contributed by atoms with van der Waals surface area (Å²) < 4.78 is 7.07. The molecular formula is C14H16N4OS. The summed E-state index contributed by atoms with van der Waals surface area (Å²) in [5, 5.41) is 5.60. The van der Waals surface area contributed by atoms with E-state index in [1.165, 1.54) is 0 Å². The molecule has 0 spiro atoms. The van der Waals surface area contributed by atoms with Crippen LogP contribution in [0.4, 0.5) is 0 Å². The van der Waals surface area contributed by atoms with E-state index in [9.17, 15) is 0 Å². The molecule has 0 fully saturated rings. The third kappa shape index (κ3) is 2.52. The molecule has 0 saturated carbocycles. The number of imidazole rings is 1. The third-order valence-corrected chi connectivity index (χ3v) is 4.03. The molecule has 2 heterocycles. The van der Waals surface area contributed by atoms with Crippen molar-refractivity contribution in [1.29, 1.82) is 0 Å². The number of nitrogens with two attached hydrogens (primary N) is 1. The second-order valence-electron chi connectivity index (χ2n) is 4.47. The quantitative estimate of drug-likeness (QED) is 0.782. The van der Waals surface area contributed by atoms with E-state index in [2.05, 4.69) is 10.1 Å². The van der Waals surface area contributed by atoms with Crippen LogP contribution in [0.2, 0.25) is 0 Å². The summed E-state index contributed by atoms with van der Waals surface area (Å²) in [7, 11) is 1.66. The van der Waals surface area contributed by atoms with Crippen LogP contribution in [0.25, 0.3) is 16.2 Å². The zero-order valence-corrected chi connectivity index (χ0v) is 12.1. The molecule has 1 aromatic carbocycles. The lowest BCUT2D eigenvalue weighted by molar-refractivity contribution is 0.415. The molecular weight excluding hydrogens is 272 g/mol. The summed E-state index contributed by atoms with van der Waals surface area (Å²) in [6, 6.07) is 7.87. The monoisotopic (exact) mass is 288 g/mol. The zero-order valence-electron chi connectivity index (χ0n) is 11.2. The van der Waals surface area contributed by atoms with Crippen molar-refractivity contribution in [3.8, 4) is 17.0 Å². The van der Waals surface area contributed by atoms with Gasteiger partial charge in [-0.1, -0.05) is 23.5 Å². The molecule has 5 nitrogen and oxygen atoms in total. The van der Waals surface area contributed by atoms with Gasteiger partial charge >= 0.3 is 0 Å². The second-order valence-corrected chi connectivity index (χ2v) is 5.51. The molecule has 0 amide bonds. The molecule has 2 N–H and O–H groups in total. The number of methoxy groups -OCH3 is 1. The van der Waals surface area contributed by atoms with Crippen LogP contribution < -0.4 is 10.5 Å². The number of rotatable bonds is 5. The Morgan fingerprint density at radius 1 is 1.40 bits per heavy atom. The van der Waals surface area contributed by atoms with Gasteiger partial charge in [-0.05, 0) is 25.1 Å². The average Bonchev–Trinajstić information content (AvgIpc) is 3.03. The van der Waals surface area contributed by atoms with Gasteiger partial charge in [-0.3, -0.25) is 0 Å². The van der Waals surface area contributed by atoms with E-state index in [0.717, 1.165) is 39.8 Å². The van der Waals surface area contributed by atoms with Crippen molar-refractivity contribution in [2.75, 3.05) is 13.7 Å². The summed E-state index contributed by atoms with van der Waals surface area (Å²) in [6.45, 7) is 0.691. The lowest BCUT2D eigenvalue weighted by atomic mass is 10.1. The van der Waals surface area contributed by atoms with Gasteiger partial charge in [0.1, 0.15) is 10.8 Å². The number of nitrogens with zero attached hydrogens (tertiary/aromatic N) is 3. The van der Waals surface area contributed by atoms with E-state index in [-0.39, 0.29) is 0 Å². The summed E-state index contributed by atoms with van der Waals surface area (Å²) in [4.78, 5) is 5.53. The molecule has 20 heavy (non-hydrogen) atoms. The minimum atomic E-state index is 0.691. The topological polar surface area (TPSA) is 65.4 Å². The molecule has 0 radical (unpaired) electrons. The minimum absolute atomic E-state index is 0.691. The first-order chi connectivity index (χ1) is 9.80. The van der Waals surface area contributed by atoms with Gasteiger partial charge < -0.3 is 10.5 Å². The molecule has 0 aliphatic carbocycles. The van der Waals surface area contributed by atoms with Gasteiger partial charge in [-0.2, -0.15) is 5.10 Å². The third-order valence-electron chi connectivity index (χ3n) is 3.05. The van der Waals surface area contributed by atoms with Gasteiger partial charge in [0.05, 0.1) is 19.0 Å². The highest BCUT2D eigenvalue weighted by Crippen LogP contribution is 2.25. The van der Waals surface area contributed by atoms with E-state index in [1.54, 1.807) is 18.4 Å². The number of aryl methyl sites for hydroxylation is 1. The summed E-state index contributed by atoms with van der Waals surface area (Å²) >= 11 is 1.62. The maximum absolute atomic E-state index is 5.52. The maximum Gasteiger partial charge on any atom is 0.212 e. The molecule has 0 atom stereocenters. The molecule has 3 rings (SSSR count). The Hall–Kier alpha value is -1.92. The largest absolute Gasteiger partial charge is 0.497 e. The Morgan fingerprint density at radius 3 is 3.05 bits per heavy atom. The van der Waals surface area contributed by atoms with Gasteiger partial charge in [0.2, 0.25) is 4.96 Å². The molecule has 2 aromatic heterocycles. The number of ether oxygens (including phenoxy) is 1. The lowest BCUT2D eigenvalue weighted by Gasteiger charge is -2.01. The Morgan fingerprint density at radius 2 is 2.30 bits per heavy atom. The van der Waals surface area contributed by atoms with Gasteiger partial charge in [-0.15, -0.1) is 0 Å². The van der Waals surface area contributed by atoms with Crippen LogP contribution in [0.15, 0.2) is 30.5 Å². The fourth-order valence-corrected chi connectivity index (χ4v) is 2.93. The first kappa shape index (κ1) is 13.1. The highest BCUT2D eigenvalue weighted by atomic mass is 32.1. The highest BCUT2D eigenvalue weighted by molar-refractivity contribution is 7.16. The standard InChI is InChI=1S/C14H16N4OS/c1-19-11-5-2-4-10(8-11)12-9-18-14(16-12)20-13(17-18)6-3-7-15/h2,4-5,8-9H,3,6-7,15H2,1H3. The second kappa shape index (κ2) is 5.60. The van der Waals surface area contributed by atoms with E-state index in [0.29, 0.717) is 6.54 Å². The van der Waals surface area contributed by atoms with Gasteiger partial charge in [0, 0.05) is 12.0 Å². The predicted molar refractivity (Wildman–Crippen MR) is 80.2 cm³/mol. The molecule has 0 saturated heterocycles. The van der Waals surface area contributed by atoms with Crippen molar-refractivity contribution in [2.24, 2.45) is 5.73 Å². The van der Waals surface area contributed by atoms with Gasteiger partial charge in [0.25, 0.3) is 0 Å². The molecule has 0 unspecified atom stereocenters. The van der Waals surface area contributed by atoms with Crippen LogP contribution in [0.1, 0.15) is 11.4 Å². The fourth-order valence-electron chi connectivity index (χ4n) is 2.02. The predicted octanol–water partition coefficient (Wildman–Crippen LogP) is 2.36. The zero-order chi connectivity index (χ0) is 13.9. The first-order valence-corrected chi connectivity index (χ1v) is 7.31. The Balaban J connectivity index is 1.90. The van der Waals surface area contributed by atoms with Crippen molar-refractivity contribution < 1.29 is 4.74 Å². The number of aromatic nitrogens is 3. The van der Waals surface area contributed by atoms with E-state index < -0.39 is 0 Å². The molecule has 0 aliphatic rings. The average molecular weight is 288 g/mol. The number of fused-ring (bicyclic) bond motifs is 1. The van der Waals surface area contributed by atoms with E-state index in [1.807, 2.05) is 35.0 Å². The summed E-state index contributed by atoms with van der Waals surface area (Å²) in [5.74, 6) is 0.829. The maximum atomic E-state index is 5.52. The first-order valence-electron chi connectivity index (χ1n) is 6.50. The lowest BCUT2D eigenvalue weighted by Crippen LogP contribution is -2.00. The van der Waals surface area contributed by atoms with Crippen LogP contribution >= 0.6 is 11.3 Å². The Kier molecular flexibility index (Phi) is 3.66. The molecule has 104 valence electrons. The minimum Gasteiger partial charge on any atom is -0.497 e. The van der Waals surface area contributed by atoms with Crippen LogP contribution in [0.3, 0.4) is 0 Å². The molecule has 3 aromatic rings. The Bertz CT molecular complexity index is 687. The number of hydrogen-bond acceptors (Lipinski definition) is 5. The van der Waals surface area contributed by atoms with Crippen LogP contribution in [-0.4, -0.2) is 28.3 Å². The normalized spacial score (nSPS) is 11.1. The highest BCUT2D eigenvalue weighted by Gasteiger charge is 2.10. The van der Waals surface area contributed by atoms with Crippen molar-refractivity contribution in [1.82, 2.24) is 14.6 Å². The van der Waals surface area contributed by atoms with Crippen LogP contribution in [-0.2, 0) is 6.42 Å². The van der Waals surface area contributed by atoms with E-state index in [4.69, 9.17) is 10.5 Å². The van der Waals surface area contributed by atoms with Gasteiger partial charge in [0.15, 0.2) is 0 Å². The number of benzene rings is 1. The smallest absolute Gasteiger partial charge is 0.212 e. The van der Waals surface area contributed by atoms with Crippen molar-refractivity contribution in [3.05, 3.63) is 35.5 Å². The fraction of sp³-hybridized carbons (Fsp3) is 0.286. The SMILES string of the molecule is COc1cccc(-c2cn3nc(CCCN)sc3n2)c1. The van der Waals surface area contributed by atoms with Crippen molar-refractivity contribution in [2.45, 2.75) is 12.8 Å². The van der Waals surface area contributed by atoms with Crippen molar-refractivity contribution in [3.63, 3.8) is 0 Å². The summed E-state index contributed by atoms with van der Waals surface area (Å²) in [6.07, 6.45) is 3.82. The van der Waals surface area contributed by atoms with Gasteiger partial charge in [-0.25, -0.2) is 9.50 Å². The van der Waals surface area contributed by atoms with Crippen LogP contribution in [0, 0.1) is 0 Å². The Labute approximate surface area is 121 Å². The molecule has 6 heteroatoms. The van der Waals surface area contributed by atoms with Crippen molar-refractivity contribution >= 4 is 16.3 Å². The molecule has 0 bridgehead atoms. The molecule has 0 aliphatic heterocycles. The summed E-state index contributed by atoms with van der Waals surface area (Å²) in [5.41, 5.74) is 7.46. The van der Waals surface area contributed by atoms with E-state index >= 15 is 0 Å².